The first-order valence-electron chi connectivity index (χ1n) is 13.9. The van der Waals surface area contributed by atoms with Crippen LogP contribution in [0, 0.1) is 5.92 Å². The number of carbonyl (C=O) groups is 1. The van der Waals surface area contributed by atoms with Crippen LogP contribution in [0.4, 0.5) is 5.82 Å². The monoisotopic (exact) mass is 495 g/mol. The number of nitrogens with one attached hydrogen (secondary N) is 1. The van der Waals surface area contributed by atoms with Crippen LogP contribution in [-0.2, 0) is 11.8 Å². The van der Waals surface area contributed by atoms with Crippen LogP contribution in [0.1, 0.15) is 51.4 Å². The average Bonchev–Trinajstić information content (AvgIpc) is 2.94. The van der Waals surface area contributed by atoms with Crippen molar-refractivity contribution in [2.75, 3.05) is 57.3 Å². The number of likely N-dealkylation sites (tertiary alicyclic amines) is 2. The minimum absolute atomic E-state index is 0.0998. The molecule has 9 heteroatoms. The normalized spacial score (nSPS) is 22.7. The maximum absolute atomic E-state index is 12.9. The summed E-state index contributed by atoms with van der Waals surface area (Å²) in [6.45, 7) is 7.97. The van der Waals surface area contributed by atoms with Crippen LogP contribution >= 0.6 is 0 Å². The fourth-order valence-electron chi connectivity index (χ4n) is 6.18. The topological polar surface area (TPSA) is 86.6 Å². The molecular weight excluding hydrogens is 454 g/mol. The zero-order valence-electron chi connectivity index (χ0n) is 21.7. The van der Waals surface area contributed by atoms with Crippen LogP contribution in [0.25, 0.3) is 11.2 Å². The predicted octanol–water partition coefficient (Wildman–Crippen LogP) is 2.00. The van der Waals surface area contributed by atoms with Crippen LogP contribution in [0.2, 0.25) is 0 Å². The van der Waals surface area contributed by atoms with Crippen molar-refractivity contribution < 1.29 is 4.79 Å². The molecule has 3 saturated heterocycles. The molecule has 1 N–H and O–H groups in total. The van der Waals surface area contributed by atoms with E-state index in [0.717, 1.165) is 38.4 Å². The highest BCUT2D eigenvalue weighted by molar-refractivity contribution is 5.79. The lowest BCUT2D eigenvalue weighted by Crippen LogP contribution is -2.47. The summed E-state index contributed by atoms with van der Waals surface area (Å²) >= 11 is 0. The minimum atomic E-state index is -0.161. The second kappa shape index (κ2) is 11.7. The Morgan fingerprint density at radius 1 is 1.06 bits per heavy atom. The van der Waals surface area contributed by atoms with E-state index < -0.39 is 0 Å². The predicted molar refractivity (Wildman–Crippen MR) is 142 cm³/mol. The molecule has 0 radical (unpaired) electrons. The lowest BCUT2D eigenvalue weighted by atomic mass is 9.97. The van der Waals surface area contributed by atoms with Crippen molar-refractivity contribution >= 4 is 22.9 Å². The summed E-state index contributed by atoms with van der Waals surface area (Å²) in [6, 6.07) is 4.48. The van der Waals surface area contributed by atoms with Gasteiger partial charge in [-0.25, -0.2) is 9.97 Å². The Hall–Kier alpha value is -2.52. The van der Waals surface area contributed by atoms with Gasteiger partial charge in [0.15, 0.2) is 11.5 Å². The maximum atomic E-state index is 12.9. The van der Waals surface area contributed by atoms with Gasteiger partial charge in [0.1, 0.15) is 5.52 Å². The largest absolute Gasteiger partial charge is 0.356 e. The van der Waals surface area contributed by atoms with Crippen LogP contribution in [0.5, 0.6) is 0 Å². The Kier molecular flexibility index (Phi) is 8.16. The van der Waals surface area contributed by atoms with Crippen molar-refractivity contribution in [3.05, 3.63) is 28.7 Å². The Labute approximate surface area is 213 Å². The van der Waals surface area contributed by atoms with Crippen LogP contribution in [-0.4, -0.2) is 88.6 Å². The molecule has 0 saturated carbocycles. The highest BCUT2D eigenvalue weighted by Gasteiger charge is 2.29. The summed E-state index contributed by atoms with van der Waals surface area (Å²) in [6.07, 6.45) is 11.1. The standard InChI is InChI=1S/C27H41N7O2/c1-31-24-23(9-5-12-28-24)30-25(27(31)36)34-17-6-8-21(20-34)26(35)29-13-7-14-32-18-10-22(11-19-32)33-15-3-2-4-16-33/h5,9,12,21-22H,2-4,6-8,10-11,13-20H2,1H3,(H,29,35). The van der Waals surface area contributed by atoms with Crippen LogP contribution < -0.4 is 15.8 Å². The van der Waals surface area contributed by atoms with Crippen LogP contribution in [0.3, 0.4) is 0 Å². The van der Waals surface area contributed by atoms with Crippen molar-refractivity contribution in [1.82, 2.24) is 29.7 Å². The molecule has 0 aromatic carbocycles. The summed E-state index contributed by atoms with van der Waals surface area (Å²) in [7, 11) is 1.73. The van der Waals surface area contributed by atoms with Gasteiger partial charge in [0.25, 0.3) is 5.56 Å². The van der Waals surface area contributed by atoms with Gasteiger partial charge in [-0.3, -0.25) is 14.2 Å². The van der Waals surface area contributed by atoms with E-state index in [2.05, 4.69) is 25.1 Å². The summed E-state index contributed by atoms with van der Waals surface area (Å²) in [5.74, 6) is 0.404. The molecular formula is C27H41N7O2. The SMILES string of the molecule is Cn1c(=O)c(N2CCCC(C(=O)NCCCN3CCC(N4CCCCC4)CC3)C2)nc2cccnc21. The first kappa shape index (κ1) is 25.1. The van der Waals surface area contributed by atoms with E-state index in [0.29, 0.717) is 30.1 Å². The van der Waals surface area contributed by atoms with Crippen LogP contribution in [0.15, 0.2) is 23.1 Å². The molecule has 5 heterocycles. The zero-order valence-corrected chi connectivity index (χ0v) is 21.7. The van der Waals surface area contributed by atoms with Gasteiger partial charge in [-0.1, -0.05) is 6.42 Å². The number of fused-ring (bicyclic) bond motifs is 1. The van der Waals surface area contributed by atoms with Crippen molar-refractivity contribution in [2.24, 2.45) is 13.0 Å². The lowest BCUT2D eigenvalue weighted by molar-refractivity contribution is -0.125. The number of nitrogens with zero attached hydrogens (tertiary/aromatic N) is 6. The van der Waals surface area contributed by atoms with Gasteiger partial charge in [0, 0.05) is 38.9 Å². The number of amides is 1. The highest BCUT2D eigenvalue weighted by atomic mass is 16.2. The third-order valence-electron chi connectivity index (χ3n) is 8.31. The molecule has 3 fully saturated rings. The van der Waals surface area contributed by atoms with Gasteiger partial charge >= 0.3 is 0 Å². The first-order chi connectivity index (χ1) is 17.6. The summed E-state index contributed by atoms with van der Waals surface area (Å²) in [5.41, 5.74) is 1.11. The van der Waals surface area contributed by atoms with Crippen molar-refractivity contribution in [1.29, 1.82) is 0 Å². The highest BCUT2D eigenvalue weighted by Crippen LogP contribution is 2.22. The van der Waals surface area contributed by atoms with E-state index in [4.69, 9.17) is 0 Å². The second-order valence-electron chi connectivity index (χ2n) is 10.7. The van der Waals surface area contributed by atoms with Gasteiger partial charge in [-0.15, -0.1) is 0 Å². The average molecular weight is 496 g/mol. The van der Waals surface area contributed by atoms with Gasteiger partial charge in [0.05, 0.1) is 5.92 Å². The fraction of sp³-hybridized carbons (Fsp3) is 0.704. The zero-order chi connectivity index (χ0) is 24.9. The number of rotatable bonds is 7. The molecule has 3 aliphatic rings. The van der Waals surface area contributed by atoms with Crippen molar-refractivity contribution in [2.45, 2.75) is 57.4 Å². The van der Waals surface area contributed by atoms with Gasteiger partial charge in [0.2, 0.25) is 5.91 Å². The van der Waals surface area contributed by atoms with Crippen molar-refractivity contribution in [3.8, 4) is 0 Å². The number of carbonyl (C=O) groups excluding carboxylic acids is 1. The molecule has 1 amide bonds. The molecule has 36 heavy (non-hydrogen) atoms. The number of hydrogen-bond acceptors (Lipinski definition) is 7. The van der Waals surface area contributed by atoms with E-state index in [9.17, 15) is 9.59 Å². The molecule has 0 bridgehead atoms. The second-order valence-corrected chi connectivity index (χ2v) is 10.7. The van der Waals surface area contributed by atoms with E-state index in [-0.39, 0.29) is 17.4 Å². The minimum Gasteiger partial charge on any atom is -0.356 e. The summed E-state index contributed by atoms with van der Waals surface area (Å²) < 4.78 is 1.55. The smallest absolute Gasteiger partial charge is 0.294 e. The molecule has 0 aliphatic carbocycles. The Morgan fingerprint density at radius 2 is 1.86 bits per heavy atom. The number of aryl methyl sites for hydroxylation is 1. The molecule has 1 atom stereocenters. The third kappa shape index (κ3) is 5.72. The molecule has 196 valence electrons. The van der Waals surface area contributed by atoms with Gasteiger partial charge < -0.3 is 20.0 Å². The number of hydrogen-bond donors (Lipinski definition) is 1. The van der Waals surface area contributed by atoms with E-state index in [1.807, 2.05) is 17.0 Å². The van der Waals surface area contributed by atoms with E-state index in [1.165, 1.54) is 58.3 Å². The summed E-state index contributed by atoms with van der Waals surface area (Å²) in [5, 5.41) is 3.17. The van der Waals surface area contributed by atoms with E-state index in [1.54, 1.807) is 17.8 Å². The number of piperidine rings is 3. The molecule has 1 unspecified atom stereocenters. The number of pyridine rings is 1. The molecule has 5 rings (SSSR count). The fourth-order valence-corrected chi connectivity index (χ4v) is 6.18. The lowest BCUT2D eigenvalue weighted by Gasteiger charge is -2.40. The Morgan fingerprint density at radius 3 is 2.67 bits per heavy atom. The number of anilines is 1. The Bertz CT molecular complexity index is 1090. The molecule has 3 aliphatic heterocycles. The summed E-state index contributed by atoms with van der Waals surface area (Å²) in [4.78, 5) is 42.0. The molecule has 9 nitrogen and oxygen atoms in total. The quantitative estimate of drug-likeness (QED) is 0.588. The number of aromatic nitrogens is 3. The molecule has 0 spiro atoms. The van der Waals surface area contributed by atoms with Gasteiger partial charge in [-0.05, 0) is 89.8 Å². The third-order valence-corrected chi connectivity index (χ3v) is 8.31. The first-order valence-corrected chi connectivity index (χ1v) is 13.9. The van der Waals surface area contributed by atoms with Gasteiger partial charge in [-0.2, -0.15) is 0 Å². The Balaban J connectivity index is 1.07. The molecule has 2 aromatic heterocycles. The molecule has 2 aromatic rings. The van der Waals surface area contributed by atoms with E-state index >= 15 is 0 Å². The maximum Gasteiger partial charge on any atom is 0.294 e. The van der Waals surface area contributed by atoms with Crippen molar-refractivity contribution in [3.63, 3.8) is 0 Å².